The molecule has 0 heterocycles. The van der Waals surface area contributed by atoms with Gasteiger partial charge in [0.15, 0.2) is 0 Å². The van der Waals surface area contributed by atoms with Gasteiger partial charge < -0.3 is 0 Å². The van der Waals surface area contributed by atoms with E-state index >= 15 is 0 Å². The predicted octanol–water partition coefficient (Wildman–Crippen LogP) is 4.71. The van der Waals surface area contributed by atoms with Crippen LogP contribution in [0, 0.1) is 17.8 Å². The summed E-state index contributed by atoms with van der Waals surface area (Å²) in [5.74, 6) is 2.21. The Morgan fingerprint density at radius 3 is 1.77 bits per heavy atom. The van der Waals surface area contributed by atoms with Crippen molar-refractivity contribution in [1.29, 1.82) is 0 Å². The highest BCUT2D eigenvalue weighted by atomic mass is 35.5. The maximum atomic E-state index is 6.26. The molecular weight excluding hydrogens is 180 g/mol. The second-order valence-corrected chi connectivity index (χ2v) is 6.41. The van der Waals surface area contributed by atoms with Crippen LogP contribution in [0.1, 0.15) is 54.4 Å². The molecule has 0 aromatic carbocycles. The van der Waals surface area contributed by atoms with Crippen LogP contribution in [0.15, 0.2) is 0 Å². The average Bonchev–Trinajstić information content (AvgIpc) is 1.82. The smallest absolute Gasteiger partial charge is 0.0416 e. The summed E-state index contributed by atoms with van der Waals surface area (Å²) in [5, 5.41) is 0. The van der Waals surface area contributed by atoms with Gasteiger partial charge in [0.1, 0.15) is 0 Å². The molecule has 0 aliphatic rings. The van der Waals surface area contributed by atoms with E-state index in [9.17, 15) is 0 Å². The van der Waals surface area contributed by atoms with Crippen molar-refractivity contribution in [2.75, 3.05) is 0 Å². The lowest BCUT2D eigenvalue weighted by molar-refractivity contribution is 0.316. The van der Waals surface area contributed by atoms with Crippen LogP contribution in [-0.4, -0.2) is 4.87 Å². The molecule has 0 saturated carbocycles. The lowest BCUT2D eigenvalue weighted by atomic mass is 9.84. The number of hydrogen-bond donors (Lipinski definition) is 0. The van der Waals surface area contributed by atoms with Gasteiger partial charge in [0.05, 0.1) is 0 Å². The van der Waals surface area contributed by atoms with Crippen LogP contribution in [0.5, 0.6) is 0 Å². The van der Waals surface area contributed by atoms with Crippen molar-refractivity contribution in [3.05, 3.63) is 0 Å². The molecule has 0 aromatic heterocycles. The van der Waals surface area contributed by atoms with Crippen molar-refractivity contribution >= 4 is 11.6 Å². The molecular formula is C12H25Cl. The molecule has 0 radical (unpaired) electrons. The van der Waals surface area contributed by atoms with Crippen molar-refractivity contribution < 1.29 is 0 Å². The summed E-state index contributed by atoms with van der Waals surface area (Å²) in [4.78, 5) is -0.0504. The third-order valence-corrected chi connectivity index (χ3v) is 3.17. The van der Waals surface area contributed by atoms with Crippen LogP contribution >= 0.6 is 11.6 Å². The zero-order valence-electron chi connectivity index (χ0n) is 10.0. The topological polar surface area (TPSA) is 0 Å². The van der Waals surface area contributed by atoms with Crippen LogP contribution < -0.4 is 0 Å². The Balaban J connectivity index is 3.85. The van der Waals surface area contributed by atoms with Crippen molar-refractivity contribution in [1.82, 2.24) is 0 Å². The lowest BCUT2D eigenvalue weighted by Crippen LogP contribution is -2.24. The Labute approximate surface area is 89.1 Å². The van der Waals surface area contributed by atoms with Crippen molar-refractivity contribution in [2.24, 2.45) is 17.8 Å². The third kappa shape index (κ3) is 6.37. The summed E-state index contributed by atoms with van der Waals surface area (Å²) in [7, 11) is 0. The van der Waals surface area contributed by atoms with E-state index in [0.29, 0.717) is 5.92 Å². The maximum Gasteiger partial charge on any atom is 0.0416 e. The highest BCUT2D eigenvalue weighted by Gasteiger charge is 2.24. The van der Waals surface area contributed by atoms with E-state index in [0.717, 1.165) is 11.8 Å². The van der Waals surface area contributed by atoms with E-state index in [1.807, 2.05) is 0 Å². The second kappa shape index (κ2) is 5.24. The van der Waals surface area contributed by atoms with Gasteiger partial charge in [-0.15, -0.1) is 11.6 Å². The number of alkyl halides is 1. The molecule has 2 unspecified atom stereocenters. The molecule has 0 amide bonds. The highest BCUT2D eigenvalue weighted by molar-refractivity contribution is 6.23. The van der Waals surface area contributed by atoms with Gasteiger partial charge in [0, 0.05) is 4.87 Å². The Hall–Kier alpha value is 0.290. The molecule has 0 saturated heterocycles. The van der Waals surface area contributed by atoms with Crippen LogP contribution in [0.3, 0.4) is 0 Å². The predicted molar refractivity (Wildman–Crippen MR) is 62.3 cm³/mol. The number of rotatable bonds is 5. The van der Waals surface area contributed by atoms with Crippen LogP contribution in [0.25, 0.3) is 0 Å². The van der Waals surface area contributed by atoms with E-state index in [1.54, 1.807) is 0 Å². The van der Waals surface area contributed by atoms with Crippen LogP contribution in [0.2, 0.25) is 0 Å². The Bertz CT molecular complexity index is 133. The average molecular weight is 205 g/mol. The minimum Gasteiger partial charge on any atom is -0.120 e. The first kappa shape index (κ1) is 13.3. The fourth-order valence-corrected chi connectivity index (χ4v) is 1.87. The number of hydrogen-bond acceptors (Lipinski definition) is 0. The fraction of sp³-hybridized carbons (Fsp3) is 1.00. The van der Waals surface area contributed by atoms with Gasteiger partial charge in [-0.2, -0.15) is 0 Å². The highest BCUT2D eigenvalue weighted by Crippen LogP contribution is 2.31. The van der Waals surface area contributed by atoms with Crippen molar-refractivity contribution in [3.8, 4) is 0 Å². The maximum absolute atomic E-state index is 6.26. The molecule has 0 bridgehead atoms. The first-order valence-electron chi connectivity index (χ1n) is 5.42. The molecule has 0 fully saturated rings. The Kier molecular flexibility index (Phi) is 5.36. The molecule has 13 heavy (non-hydrogen) atoms. The van der Waals surface area contributed by atoms with Gasteiger partial charge in [0.25, 0.3) is 0 Å². The van der Waals surface area contributed by atoms with Gasteiger partial charge >= 0.3 is 0 Å². The van der Waals surface area contributed by atoms with Crippen molar-refractivity contribution in [2.45, 2.75) is 59.3 Å². The zero-order valence-corrected chi connectivity index (χ0v) is 10.8. The van der Waals surface area contributed by atoms with E-state index in [2.05, 4.69) is 41.5 Å². The lowest BCUT2D eigenvalue weighted by Gasteiger charge is -2.28. The SMILES string of the molecule is CC(C)CC(C)CC(C)C(C)(C)Cl. The minimum absolute atomic E-state index is 0.0504. The molecule has 0 N–H and O–H groups in total. The van der Waals surface area contributed by atoms with Crippen LogP contribution in [0.4, 0.5) is 0 Å². The second-order valence-electron chi connectivity index (χ2n) is 5.44. The molecule has 1 heteroatoms. The quantitative estimate of drug-likeness (QED) is 0.569. The molecule has 80 valence electrons. The Morgan fingerprint density at radius 2 is 1.46 bits per heavy atom. The van der Waals surface area contributed by atoms with Crippen LogP contribution in [-0.2, 0) is 0 Å². The zero-order chi connectivity index (χ0) is 10.6. The van der Waals surface area contributed by atoms with Gasteiger partial charge in [-0.25, -0.2) is 0 Å². The van der Waals surface area contributed by atoms with Gasteiger partial charge in [-0.05, 0) is 44.4 Å². The first-order valence-corrected chi connectivity index (χ1v) is 5.80. The normalized spacial score (nSPS) is 17.5. The van der Waals surface area contributed by atoms with Gasteiger partial charge in [0.2, 0.25) is 0 Å². The number of halogens is 1. The summed E-state index contributed by atoms with van der Waals surface area (Å²) in [6.45, 7) is 13.4. The van der Waals surface area contributed by atoms with E-state index in [4.69, 9.17) is 11.6 Å². The van der Waals surface area contributed by atoms with Gasteiger partial charge in [-0.1, -0.05) is 27.7 Å². The monoisotopic (exact) mass is 204 g/mol. The standard InChI is InChI=1S/C12H25Cl/c1-9(2)7-10(3)8-11(4)12(5,6)13/h9-11H,7-8H2,1-6H3. The van der Waals surface area contributed by atoms with E-state index in [-0.39, 0.29) is 4.87 Å². The molecule has 2 atom stereocenters. The summed E-state index contributed by atoms with van der Waals surface area (Å²) in [6, 6.07) is 0. The summed E-state index contributed by atoms with van der Waals surface area (Å²) in [5.41, 5.74) is 0. The van der Waals surface area contributed by atoms with E-state index < -0.39 is 0 Å². The molecule has 0 nitrogen and oxygen atoms in total. The fourth-order valence-electron chi connectivity index (χ4n) is 1.78. The summed E-state index contributed by atoms with van der Waals surface area (Å²) < 4.78 is 0. The Morgan fingerprint density at radius 1 is 1.00 bits per heavy atom. The van der Waals surface area contributed by atoms with Gasteiger partial charge in [-0.3, -0.25) is 0 Å². The third-order valence-electron chi connectivity index (χ3n) is 2.80. The van der Waals surface area contributed by atoms with Crippen molar-refractivity contribution in [3.63, 3.8) is 0 Å². The molecule has 0 rings (SSSR count). The van der Waals surface area contributed by atoms with E-state index in [1.165, 1.54) is 12.8 Å². The molecule has 0 aromatic rings. The summed E-state index contributed by atoms with van der Waals surface area (Å²) in [6.07, 6.45) is 2.56. The molecule has 0 aliphatic carbocycles. The summed E-state index contributed by atoms with van der Waals surface area (Å²) >= 11 is 6.26. The molecule has 0 aliphatic heterocycles. The minimum atomic E-state index is -0.0504. The first-order chi connectivity index (χ1) is 5.73. The molecule has 0 spiro atoms. The largest absolute Gasteiger partial charge is 0.120 e.